The van der Waals surface area contributed by atoms with Crippen LogP contribution in [0.1, 0.15) is 45.6 Å². The molecule has 3 atom stereocenters. The number of hydrogen-bond acceptors (Lipinski definition) is 2. The zero-order valence-electron chi connectivity index (χ0n) is 13.7. The van der Waals surface area contributed by atoms with Crippen molar-refractivity contribution in [2.45, 2.75) is 59.1 Å². The first-order valence-electron chi connectivity index (χ1n) is 8.17. The van der Waals surface area contributed by atoms with Crippen molar-refractivity contribution in [3.05, 3.63) is 29.6 Å². The number of hydrogen-bond donors (Lipinski definition) is 1. The molecular weight excluding hydrogens is 265 g/mol. The van der Waals surface area contributed by atoms with Crippen LogP contribution in [0.3, 0.4) is 0 Å². The van der Waals surface area contributed by atoms with Crippen LogP contribution in [-0.2, 0) is 0 Å². The maximum absolute atomic E-state index is 13.9. The number of ether oxygens (including phenoxy) is 1. The molecule has 21 heavy (non-hydrogen) atoms. The van der Waals surface area contributed by atoms with Crippen LogP contribution in [0, 0.1) is 24.6 Å². The van der Waals surface area contributed by atoms with Gasteiger partial charge >= 0.3 is 0 Å². The topological polar surface area (TPSA) is 21.3 Å². The summed E-state index contributed by atoms with van der Waals surface area (Å²) in [6.45, 7) is 9.53. The van der Waals surface area contributed by atoms with E-state index in [-0.39, 0.29) is 11.9 Å². The van der Waals surface area contributed by atoms with Crippen LogP contribution >= 0.6 is 0 Å². The third-order valence-corrected chi connectivity index (χ3v) is 4.61. The lowest BCUT2D eigenvalue weighted by Crippen LogP contribution is -2.47. The number of rotatable bonds is 5. The fourth-order valence-corrected chi connectivity index (χ4v) is 3.26. The van der Waals surface area contributed by atoms with Crippen LogP contribution in [0.5, 0.6) is 5.75 Å². The maximum Gasteiger partial charge on any atom is 0.165 e. The van der Waals surface area contributed by atoms with Gasteiger partial charge in [0, 0.05) is 6.04 Å². The van der Waals surface area contributed by atoms with E-state index in [4.69, 9.17) is 4.74 Å². The largest absolute Gasteiger partial charge is 0.486 e. The van der Waals surface area contributed by atoms with Crippen LogP contribution in [0.2, 0.25) is 0 Å². The van der Waals surface area contributed by atoms with Gasteiger partial charge in [0.15, 0.2) is 11.6 Å². The second-order valence-electron chi connectivity index (χ2n) is 6.57. The van der Waals surface area contributed by atoms with E-state index in [1.165, 1.54) is 12.5 Å². The second-order valence-corrected chi connectivity index (χ2v) is 6.57. The first-order chi connectivity index (χ1) is 10.0. The smallest absolute Gasteiger partial charge is 0.165 e. The average molecular weight is 293 g/mol. The van der Waals surface area contributed by atoms with Crippen LogP contribution < -0.4 is 10.1 Å². The summed E-state index contributed by atoms with van der Waals surface area (Å²) >= 11 is 0. The molecule has 2 nitrogen and oxygen atoms in total. The third-order valence-electron chi connectivity index (χ3n) is 4.61. The molecule has 0 aliphatic heterocycles. The minimum Gasteiger partial charge on any atom is -0.486 e. The average Bonchev–Trinajstić information content (AvgIpc) is 2.44. The molecule has 0 aromatic heterocycles. The van der Waals surface area contributed by atoms with Gasteiger partial charge < -0.3 is 10.1 Å². The van der Waals surface area contributed by atoms with Crippen molar-refractivity contribution in [2.24, 2.45) is 11.8 Å². The molecule has 0 amide bonds. The third kappa shape index (κ3) is 4.19. The van der Waals surface area contributed by atoms with Gasteiger partial charge in [0.25, 0.3) is 0 Å². The summed E-state index contributed by atoms with van der Waals surface area (Å²) < 4.78 is 20.0. The van der Waals surface area contributed by atoms with Crippen molar-refractivity contribution in [1.29, 1.82) is 0 Å². The lowest BCUT2D eigenvalue weighted by molar-refractivity contribution is 0.0693. The summed E-state index contributed by atoms with van der Waals surface area (Å²) in [6, 6.07) is 5.40. The Hall–Kier alpha value is -1.09. The number of aryl methyl sites for hydroxylation is 1. The number of nitrogens with one attached hydrogen (secondary N) is 1. The van der Waals surface area contributed by atoms with Crippen LogP contribution in [0.15, 0.2) is 18.2 Å². The second kappa shape index (κ2) is 7.26. The number of likely N-dealkylation sites (N-methyl/N-ethyl adjacent to an activating group) is 1. The Kier molecular flexibility index (Phi) is 5.63. The molecule has 1 aliphatic carbocycles. The molecule has 1 aromatic rings. The minimum absolute atomic E-state index is 0.0578. The summed E-state index contributed by atoms with van der Waals surface area (Å²) in [4.78, 5) is 0. The van der Waals surface area contributed by atoms with E-state index in [0.29, 0.717) is 23.6 Å². The molecule has 0 bridgehead atoms. The fourth-order valence-electron chi connectivity index (χ4n) is 3.26. The van der Waals surface area contributed by atoms with Gasteiger partial charge in [-0.25, -0.2) is 4.39 Å². The maximum atomic E-state index is 13.9. The SMILES string of the molecule is CCNC1CCC(C(C)C)CC1Oc1cc(C)ccc1F. The molecule has 1 saturated carbocycles. The summed E-state index contributed by atoms with van der Waals surface area (Å²) in [6.07, 6.45) is 3.39. The lowest BCUT2D eigenvalue weighted by atomic mass is 9.78. The van der Waals surface area contributed by atoms with Gasteiger partial charge in [-0.2, -0.15) is 0 Å². The molecule has 0 spiro atoms. The zero-order valence-corrected chi connectivity index (χ0v) is 13.7. The Balaban J connectivity index is 2.13. The predicted molar refractivity (Wildman–Crippen MR) is 85.2 cm³/mol. The van der Waals surface area contributed by atoms with Gasteiger partial charge in [0.2, 0.25) is 0 Å². The van der Waals surface area contributed by atoms with Gasteiger partial charge in [0.1, 0.15) is 6.10 Å². The van der Waals surface area contributed by atoms with Crippen molar-refractivity contribution in [1.82, 2.24) is 5.32 Å². The Bertz CT molecular complexity index is 461. The number of benzene rings is 1. The van der Waals surface area contributed by atoms with Gasteiger partial charge in [0.05, 0.1) is 0 Å². The molecule has 3 unspecified atom stereocenters. The molecule has 0 heterocycles. The minimum atomic E-state index is -0.262. The molecule has 0 saturated heterocycles. The highest BCUT2D eigenvalue weighted by atomic mass is 19.1. The fraction of sp³-hybridized carbons (Fsp3) is 0.667. The van der Waals surface area contributed by atoms with Crippen LogP contribution in [0.25, 0.3) is 0 Å². The van der Waals surface area contributed by atoms with Crippen molar-refractivity contribution in [3.63, 3.8) is 0 Å². The van der Waals surface area contributed by atoms with E-state index in [1.807, 2.05) is 6.92 Å². The van der Waals surface area contributed by atoms with E-state index >= 15 is 0 Å². The molecule has 1 fully saturated rings. The summed E-state index contributed by atoms with van der Waals surface area (Å²) in [5, 5.41) is 3.50. The van der Waals surface area contributed by atoms with Crippen LogP contribution in [0.4, 0.5) is 4.39 Å². The van der Waals surface area contributed by atoms with E-state index < -0.39 is 0 Å². The van der Waals surface area contributed by atoms with Crippen molar-refractivity contribution >= 4 is 0 Å². The van der Waals surface area contributed by atoms with Gasteiger partial charge in [-0.15, -0.1) is 0 Å². The summed E-state index contributed by atoms with van der Waals surface area (Å²) in [7, 11) is 0. The molecule has 1 aromatic carbocycles. The highest BCUT2D eigenvalue weighted by molar-refractivity contribution is 5.29. The first-order valence-corrected chi connectivity index (χ1v) is 8.17. The highest BCUT2D eigenvalue weighted by Crippen LogP contribution is 2.33. The molecule has 2 rings (SSSR count). The predicted octanol–water partition coefficient (Wildman–Crippen LogP) is 4.32. The highest BCUT2D eigenvalue weighted by Gasteiger charge is 2.33. The lowest BCUT2D eigenvalue weighted by Gasteiger charge is -2.38. The Morgan fingerprint density at radius 1 is 1.33 bits per heavy atom. The summed E-state index contributed by atoms with van der Waals surface area (Å²) in [5.74, 6) is 1.45. The number of halogens is 1. The van der Waals surface area contributed by atoms with E-state index in [1.54, 1.807) is 12.1 Å². The molecule has 1 N–H and O–H groups in total. The molecule has 118 valence electrons. The zero-order chi connectivity index (χ0) is 15.4. The van der Waals surface area contributed by atoms with Crippen molar-refractivity contribution in [3.8, 4) is 5.75 Å². The molecule has 1 aliphatic rings. The molecule has 3 heteroatoms. The Labute approximate surface area is 128 Å². The first kappa shape index (κ1) is 16.3. The monoisotopic (exact) mass is 293 g/mol. The van der Waals surface area contributed by atoms with Crippen LogP contribution in [-0.4, -0.2) is 18.7 Å². The summed E-state index contributed by atoms with van der Waals surface area (Å²) in [5.41, 5.74) is 1.03. The van der Waals surface area contributed by atoms with Gasteiger partial charge in [-0.05, 0) is 62.3 Å². The Morgan fingerprint density at radius 2 is 2.10 bits per heavy atom. The van der Waals surface area contributed by atoms with E-state index in [0.717, 1.165) is 24.9 Å². The standard InChI is InChI=1S/C18H28FNO/c1-5-20-16-9-7-14(12(2)3)11-18(16)21-17-10-13(4)6-8-15(17)19/h6,8,10,12,14,16,18,20H,5,7,9,11H2,1-4H3. The van der Waals surface area contributed by atoms with Crippen molar-refractivity contribution in [2.75, 3.05) is 6.54 Å². The van der Waals surface area contributed by atoms with Gasteiger partial charge in [-0.1, -0.05) is 26.8 Å². The quantitative estimate of drug-likeness (QED) is 0.873. The van der Waals surface area contributed by atoms with E-state index in [9.17, 15) is 4.39 Å². The van der Waals surface area contributed by atoms with Gasteiger partial charge in [-0.3, -0.25) is 0 Å². The van der Waals surface area contributed by atoms with E-state index in [2.05, 4.69) is 26.1 Å². The molecule has 0 radical (unpaired) electrons. The van der Waals surface area contributed by atoms with Crippen molar-refractivity contribution < 1.29 is 9.13 Å². The molecular formula is C18H28FNO. The normalized spacial score (nSPS) is 26.1. The Morgan fingerprint density at radius 3 is 2.76 bits per heavy atom.